The first kappa shape index (κ1) is 7.28. The van der Waals surface area contributed by atoms with Crippen molar-refractivity contribution in [3.05, 3.63) is 12.7 Å². The van der Waals surface area contributed by atoms with Crippen molar-refractivity contribution in [2.24, 2.45) is 0 Å². The van der Waals surface area contributed by atoms with Gasteiger partial charge in [0.25, 0.3) is 0 Å². The molecule has 1 aliphatic rings. The molecule has 3 heteroatoms. The van der Waals surface area contributed by atoms with Gasteiger partial charge in [-0.3, -0.25) is 9.63 Å². The molecule has 1 heterocycles. The van der Waals surface area contributed by atoms with Gasteiger partial charge in [-0.1, -0.05) is 6.08 Å². The lowest BCUT2D eigenvalue weighted by Gasteiger charge is -2.35. The maximum atomic E-state index is 10.7. The average molecular weight is 141 g/mol. The Morgan fingerprint density at radius 2 is 2.70 bits per heavy atom. The quantitative estimate of drug-likeness (QED) is 0.428. The highest BCUT2D eigenvalue weighted by Gasteiger charge is 2.33. The first-order valence-electron chi connectivity index (χ1n) is 3.31. The third kappa shape index (κ3) is 1.19. The SMILES string of the molecule is C=CCON1C(=O)CC1C. The maximum Gasteiger partial charge on any atom is 0.248 e. The Morgan fingerprint density at radius 1 is 2.00 bits per heavy atom. The molecule has 0 radical (unpaired) electrons. The maximum absolute atomic E-state index is 10.7. The van der Waals surface area contributed by atoms with Crippen LogP contribution in [0.15, 0.2) is 12.7 Å². The molecule has 56 valence electrons. The highest BCUT2D eigenvalue weighted by molar-refractivity contribution is 5.81. The molecule has 0 N–H and O–H groups in total. The molecule has 1 rings (SSSR count). The zero-order valence-electron chi connectivity index (χ0n) is 6.04. The minimum absolute atomic E-state index is 0.0642. The zero-order valence-corrected chi connectivity index (χ0v) is 6.04. The van der Waals surface area contributed by atoms with Gasteiger partial charge in [-0.2, -0.15) is 0 Å². The highest BCUT2D eigenvalue weighted by Crippen LogP contribution is 2.17. The molecule has 3 nitrogen and oxygen atoms in total. The number of β-lactam (4-membered cyclic amide) rings is 1. The molecule has 1 saturated heterocycles. The summed E-state index contributed by atoms with van der Waals surface area (Å²) >= 11 is 0. The van der Waals surface area contributed by atoms with Crippen molar-refractivity contribution in [2.75, 3.05) is 6.61 Å². The summed E-state index contributed by atoms with van der Waals surface area (Å²) in [4.78, 5) is 15.7. The fraction of sp³-hybridized carbons (Fsp3) is 0.571. The van der Waals surface area contributed by atoms with E-state index in [-0.39, 0.29) is 11.9 Å². The molecule has 0 saturated carbocycles. The van der Waals surface area contributed by atoms with E-state index in [1.54, 1.807) is 6.08 Å². The van der Waals surface area contributed by atoms with Crippen LogP contribution in [0.1, 0.15) is 13.3 Å². The molecule has 10 heavy (non-hydrogen) atoms. The number of hydrogen-bond acceptors (Lipinski definition) is 2. The van der Waals surface area contributed by atoms with Gasteiger partial charge in [0.15, 0.2) is 0 Å². The smallest absolute Gasteiger partial charge is 0.248 e. The molecule has 1 aliphatic heterocycles. The second-order valence-electron chi connectivity index (χ2n) is 2.36. The van der Waals surface area contributed by atoms with Crippen molar-refractivity contribution < 1.29 is 9.63 Å². The van der Waals surface area contributed by atoms with E-state index in [2.05, 4.69) is 6.58 Å². The molecule has 1 amide bonds. The predicted molar refractivity (Wildman–Crippen MR) is 37.1 cm³/mol. The van der Waals surface area contributed by atoms with E-state index >= 15 is 0 Å². The lowest BCUT2D eigenvalue weighted by molar-refractivity contribution is -0.219. The van der Waals surface area contributed by atoms with Crippen LogP contribution in [0.4, 0.5) is 0 Å². The lowest BCUT2D eigenvalue weighted by atomic mass is 10.1. The van der Waals surface area contributed by atoms with Gasteiger partial charge in [0.05, 0.1) is 19.1 Å². The first-order chi connectivity index (χ1) is 4.75. The minimum Gasteiger partial charge on any atom is -0.272 e. The molecule has 0 aromatic rings. The van der Waals surface area contributed by atoms with E-state index in [0.29, 0.717) is 13.0 Å². The molecule has 1 atom stereocenters. The summed E-state index contributed by atoms with van der Waals surface area (Å²) in [7, 11) is 0. The topological polar surface area (TPSA) is 29.5 Å². The monoisotopic (exact) mass is 141 g/mol. The third-order valence-electron chi connectivity index (χ3n) is 1.45. The first-order valence-corrected chi connectivity index (χ1v) is 3.31. The van der Waals surface area contributed by atoms with E-state index in [1.165, 1.54) is 5.06 Å². The van der Waals surface area contributed by atoms with Gasteiger partial charge in [0.1, 0.15) is 0 Å². The Labute approximate surface area is 60.2 Å². The van der Waals surface area contributed by atoms with Crippen molar-refractivity contribution in [2.45, 2.75) is 19.4 Å². The van der Waals surface area contributed by atoms with Crippen LogP contribution in [0.25, 0.3) is 0 Å². The zero-order chi connectivity index (χ0) is 7.56. The lowest BCUT2D eigenvalue weighted by Crippen LogP contribution is -2.50. The van der Waals surface area contributed by atoms with Crippen molar-refractivity contribution >= 4 is 5.91 Å². The van der Waals surface area contributed by atoms with Gasteiger partial charge < -0.3 is 0 Å². The predicted octanol–water partition coefficient (Wildman–Crippen LogP) is 0.725. The molecular weight excluding hydrogens is 130 g/mol. The Bertz CT molecular complexity index is 156. The summed E-state index contributed by atoms with van der Waals surface area (Å²) in [5.74, 6) is 0.0642. The van der Waals surface area contributed by atoms with E-state index in [9.17, 15) is 4.79 Å². The fourth-order valence-corrected chi connectivity index (χ4v) is 0.891. The normalized spacial score (nSPS) is 24.3. The number of amides is 1. The summed E-state index contributed by atoms with van der Waals surface area (Å²) in [6.45, 7) is 5.84. The van der Waals surface area contributed by atoms with Gasteiger partial charge in [0, 0.05) is 0 Å². The molecule has 0 aromatic carbocycles. The fourth-order valence-electron chi connectivity index (χ4n) is 0.891. The van der Waals surface area contributed by atoms with Crippen LogP contribution in [0.5, 0.6) is 0 Å². The van der Waals surface area contributed by atoms with Crippen LogP contribution in [0.2, 0.25) is 0 Å². The summed E-state index contributed by atoms with van der Waals surface area (Å²) in [5.41, 5.74) is 0. The van der Waals surface area contributed by atoms with Gasteiger partial charge in [0.2, 0.25) is 5.91 Å². The van der Waals surface area contributed by atoms with Crippen molar-refractivity contribution in [1.29, 1.82) is 0 Å². The Morgan fingerprint density at radius 3 is 3.10 bits per heavy atom. The van der Waals surface area contributed by atoms with Gasteiger partial charge in [-0.15, -0.1) is 6.58 Å². The second kappa shape index (κ2) is 2.84. The van der Waals surface area contributed by atoms with E-state index < -0.39 is 0 Å². The van der Waals surface area contributed by atoms with E-state index in [4.69, 9.17) is 4.84 Å². The molecular formula is C7H11NO2. The average Bonchev–Trinajstić information content (AvgIpc) is 1.89. The van der Waals surface area contributed by atoms with Crippen LogP contribution in [0.3, 0.4) is 0 Å². The second-order valence-corrected chi connectivity index (χ2v) is 2.36. The van der Waals surface area contributed by atoms with Crippen molar-refractivity contribution in [3.63, 3.8) is 0 Å². The van der Waals surface area contributed by atoms with Crippen molar-refractivity contribution in [3.8, 4) is 0 Å². The van der Waals surface area contributed by atoms with Crippen LogP contribution in [-0.2, 0) is 9.63 Å². The third-order valence-corrected chi connectivity index (χ3v) is 1.45. The number of nitrogens with zero attached hydrogens (tertiary/aromatic N) is 1. The molecule has 0 spiro atoms. The van der Waals surface area contributed by atoms with Crippen molar-refractivity contribution in [1.82, 2.24) is 5.06 Å². The summed E-state index contributed by atoms with van der Waals surface area (Å²) in [6.07, 6.45) is 2.23. The Hall–Kier alpha value is -0.830. The number of carbonyl (C=O) groups excluding carboxylic acids is 1. The summed E-state index contributed by atoms with van der Waals surface area (Å²) in [6, 6.07) is 0.243. The van der Waals surface area contributed by atoms with Crippen LogP contribution < -0.4 is 0 Å². The Kier molecular flexibility index (Phi) is 2.06. The minimum atomic E-state index is 0.0642. The van der Waals surface area contributed by atoms with Crippen LogP contribution in [-0.4, -0.2) is 23.6 Å². The number of carbonyl (C=O) groups is 1. The standard InChI is InChI=1S/C7H11NO2/c1-3-4-10-8-6(2)5-7(8)9/h3,6H,1,4-5H2,2H3. The largest absolute Gasteiger partial charge is 0.272 e. The number of hydroxylamine groups is 2. The molecule has 0 aromatic heterocycles. The molecule has 1 unspecified atom stereocenters. The van der Waals surface area contributed by atoms with Crippen LogP contribution >= 0.6 is 0 Å². The molecule has 1 fully saturated rings. The van der Waals surface area contributed by atoms with Crippen LogP contribution in [0, 0.1) is 0 Å². The number of rotatable bonds is 3. The van der Waals surface area contributed by atoms with Gasteiger partial charge in [-0.05, 0) is 6.92 Å². The van der Waals surface area contributed by atoms with Gasteiger partial charge in [-0.25, -0.2) is 5.06 Å². The van der Waals surface area contributed by atoms with Gasteiger partial charge >= 0.3 is 0 Å². The Balaban J connectivity index is 2.26. The highest BCUT2D eigenvalue weighted by atomic mass is 16.7. The summed E-state index contributed by atoms with van der Waals surface area (Å²) in [5, 5.41) is 1.39. The number of hydrogen-bond donors (Lipinski definition) is 0. The van der Waals surface area contributed by atoms with E-state index in [0.717, 1.165) is 0 Å². The van der Waals surface area contributed by atoms with E-state index in [1.807, 2.05) is 6.92 Å². The molecule has 0 aliphatic carbocycles. The molecule has 0 bridgehead atoms. The summed E-state index contributed by atoms with van der Waals surface area (Å²) < 4.78 is 0.